The lowest BCUT2D eigenvalue weighted by molar-refractivity contribution is -0.231. The molecular weight excluding hydrogens is 623 g/mol. The summed E-state index contributed by atoms with van der Waals surface area (Å²) < 4.78 is 30.8. The van der Waals surface area contributed by atoms with Gasteiger partial charge in [-0.05, 0) is 108 Å². The van der Waals surface area contributed by atoms with Crippen LogP contribution in [0.25, 0.3) is 0 Å². The van der Waals surface area contributed by atoms with Crippen LogP contribution in [0.3, 0.4) is 0 Å². The van der Waals surface area contributed by atoms with E-state index >= 15 is 4.39 Å². The Kier molecular flexibility index (Phi) is 7.48. The summed E-state index contributed by atoms with van der Waals surface area (Å²) in [6.45, 7) is 7.17. The Balaban J connectivity index is 1.04. The van der Waals surface area contributed by atoms with E-state index < -0.39 is 58.9 Å². The average molecular weight is 671 g/mol. The largest absolute Gasteiger partial charge is 0.390 e. The number of rotatable bonds is 8. The molecule has 9 heteroatoms. The van der Waals surface area contributed by atoms with Gasteiger partial charge in [-0.2, -0.15) is 0 Å². The number of ether oxygens (including phenoxy) is 2. The highest BCUT2D eigenvalue weighted by Gasteiger charge is 2.79. The van der Waals surface area contributed by atoms with Crippen molar-refractivity contribution >= 4 is 17.3 Å². The van der Waals surface area contributed by atoms with Gasteiger partial charge < -0.3 is 25.0 Å². The monoisotopic (exact) mass is 670 g/mol. The van der Waals surface area contributed by atoms with Crippen molar-refractivity contribution < 1.29 is 33.7 Å². The number of aliphatic hydroxyl groups excluding tert-OH is 2. The molecule has 0 radical (unpaired) electrons. The van der Waals surface area contributed by atoms with E-state index in [1.54, 1.807) is 19.2 Å². The summed E-state index contributed by atoms with van der Waals surface area (Å²) in [5.41, 5.74) is -0.884. The maximum absolute atomic E-state index is 17.6. The minimum absolute atomic E-state index is 0.0403. The van der Waals surface area contributed by atoms with Crippen LogP contribution in [0.15, 0.2) is 66.4 Å². The van der Waals surface area contributed by atoms with Gasteiger partial charge in [-0.15, -0.1) is 0 Å². The number of nitrogens with zero attached hydrogens (tertiary/aromatic N) is 1. The molecule has 5 aliphatic carbocycles. The third kappa shape index (κ3) is 4.57. The van der Waals surface area contributed by atoms with Crippen molar-refractivity contribution in [1.29, 1.82) is 0 Å². The summed E-state index contributed by atoms with van der Waals surface area (Å²) in [6, 6.07) is 13.0. The molecule has 260 valence electrons. The van der Waals surface area contributed by atoms with Gasteiger partial charge in [0.15, 0.2) is 29.1 Å². The number of anilines is 1. The number of aliphatic hydroxyl groups is 2. The molecule has 8 nitrogen and oxygen atoms in total. The zero-order valence-electron chi connectivity index (χ0n) is 28.7. The third-order valence-corrected chi connectivity index (χ3v) is 13.4. The molecule has 0 amide bonds. The van der Waals surface area contributed by atoms with Gasteiger partial charge in [-0.3, -0.25) is 14.6 Å². The molecular formula is C40H47FN2O6. The molecule has 1 saturated heterocycles. The molecule has 1 aromatic carbocycles. The molecule has 4 saturated carbocycles. The van der Waals surface area contributed by atoms with Gasteiger partial charge in [-0.25, -0.2) is 4.39 Å². The summed E-state index contributed by atoms with van der Waals surface area (Å²) in [4.78, 5) is 30.9. The second kappa shape index (κ2) is 11.1. The first-order valence-electron chi connectivity index (χ1n) is 17.9. The smallest absolute Gasteiger partial charge is 0.193 e. The molecule has 0 unspecified atom stereocenters. The highest BCUT2D eigenvalue weighted by atomic mass is 19.1. The van der Waals surface area contributed by atoms with E-state index in [9.17, 15) is 19.8 Å². The van der Waals surface area contributed by atoms with E-state index in [0.29, 0.717) is 36.4 Å². The molecule has 8 rings (SSSR count). The number of fused-ring (bicyclic) bond motifs is 7. The van der Waals surface area contributed by atoms with Gasteiger partial charge in [0, 0.05) is 51.3 Å². The first-order valence-corrected chi connectivity index (χ1v) is 17.9. The topological polar surface area (TPSA) is 118 Å². The number of alkyl halides is 1. The molecule has 2 aromatic rings. The Morgan fingerprint density at radius 3 is 2.53 bits per heavy atom. The van der Waals surface area contributed by atoms with Gasteiger partial charge in [-0.1, -0.05) is 36.8 Å². The predicted molar refractivity (Wildman–Crippen MR) is 181 cm³/mol. The zero-order valence-corrected chi connectivity index (χ0v) is 28.7. The van der Waals surface area contributed by atoms with Crippen molar-refractivity contribution in [3.63, 3.8) is 0 Å². The quantitative estimate of drug-likeness (QED) is 0.319. The Bertz CT molecular complexity index is 1740. The lowest BCUT2D eigenvalue weighted by atomic mass is 9.44. The van der Waals surface area contributed by atoms with Crippen LogP contribution in [-0.4, -0.2) is 62.9 Å². The number of carbonyl (C=O) groups is 2. The fourth-order valence-electron chi connectivity index (χ4n) is 10.7. The van der Waals surface area contributed by atoms with Gasteiger partial charge in [0.1, 0.15) is 6.61 Å². The number of halogens is 1. The van der Waals surface area contributed by atoms with Crippen molar-refractivity contribution in [1.82, 2.24) is 4.98 Å². The molecule has 3 N–H and O–H groups in total. The molecule has 1 aliphatic heterocycles. The summed E-state index contributed by atoms with van der Waals surface area (Å²) >= 11 is 0. The van der Waals surface area contributed by atoms with E-state index in [-0.39, 0.29) is 23.5 Å². The molecule has 0 spiro atoms. The number of pyridine rings is 1. The maximum Gasteiger partial charge on any atom is 0.193 e. The van der Waals surface area contributed by atoms with E-state index in [1.807, 2.05) is 19.1 Å². The minimum atomic E-state index is -2.04. The second-order valence-corrected chi connectivity index (χ2v) is 16.3. The molecule has 49 heavy (non-hydrogen) atoms. The fraction of sp³-hybridized carbons (Fsp3) is 0.575. The van der Waals surface area contributed by atoms with Crippen molar-refractivity contribution in [3.8, 4) is 0 Å². The van der Waals surface area contributed by atoms with Crippen LogP contribution in [-0.2, 0) is 30.9 Å². The normalized spacial score (nSPS) is 39.9. The Morgan fingerprint density at radius 2 is 1.88 bits per heavy atom. The number of benzene rings is 1. The highest BCUT2D eigenvalue weighted by Crippen LogP contribution is 2.72. The number of allylic oxidation sites excluding steroid dienone is 4. The van der Waals surface area contributed by atoms with Gasteiger partial charge in [0.25, 0.3) is 0 Å². The first kappa shape index (κ1) is 32.9. The van der Waals surface area contributed by atoms with Crippen LogP contribution >= 0.6 is 0 Å². The van der Waals surface area contributed by atoms with Crippen LogP contribution < -0.4 is 5.32 Å². The standard InChI is InChI=1S/C40H47FN2O6/c1-23(2)43-27-10-6-25(7-11-27)38(15-16-38)19-28-9-5-24(21-42-28)35-48-34-18-31-30-12-8-26-17-29(45)13-14-36(26,3)39(30,41)32(46)20-37(31,4)40(34,49-35)33(47)22-44/h5-7,9-11,13-14,17,21,23,30-32,34-35,43-44,46H,8,12,15-16,18-20,22H2,1-4H3/t30-,31-,32-,34+,35+,36-,37-,39-,40+/m0/s1. The number of aromatic nitrogens is 1. The lowest BCUT2D eigenvalue weighted by Crippen LogP contribution is -2.69. The SMILES string of the molecule is CC(C)Nc1ccc(C2(Cc3ccc([C@@H]4O[C@@H]5C[C@H]6[C@@H]7CCC8=CC(=O)C=C[C@]8(C)[C@@]7(F)[C@@H](O)C[C@]6(C)[C@]5(C(=O)CO)O4)cn3)CC2)cc1. The third-order valence-electron chi connectivity index (χ3n) is 13.4. The van der Waals surface area contributed by atoms with E-state index in [4.69, 9.17) is 14.5 Å². The summed E-state index contributed by atoms with van der Waals surface area (Å²) in [6.07, 6.45) is 7.55. The number of ketones is 2. The van der Waals surface area contributed by atoms with Crippen LogP contribution in [0, 0.1) is 22.7 Å². The molecule has 9 atom stereocenters. The summed E-state index contributed by atoms with van der Waals surface area (Å²) in [5.74, 6) is -1.62. The summed E-state index contributed by atoms with van der Waals surface area (Å²) in [5, 5.41) is 25.5. The van der Waals surface area contributed by atoms with Gasteiger partial charge in [0.05, 0.1) is 12.2 Å². The zero-order chi connectivity index (χ0) is 34.6. The van der Waals surface area contributed by atoms with E-state index in [0.717, 1.165) is 30.6 Å². The lowest BCUT2D eigenvalue weighted by Gasteiger charge is -2.62. The molecule has 5 fully saturated rings. The van der Waals surface area contributed by atoms with Crippen molar-refractivity contribution in [2.24, 2.45) is 22.7 Å². The van der Waals surface area contributed by atoms with Crippen molar-refractivity contribution in [2.75, 3.05) is 11.9 Å². The van der Waals surface area contributed by atoms with E-state index in [1.165, 1.54) is 17.7 Å². The predicted octanol–water partition coefficient (Wildman–Crippen LogP) is 5.87. The second-order valence-electron chi connectivity index (χ2n) is 16.3. The Labute approximate surface area is 287 Å². The number of hydrogen-bond acceptors (Lipinski definition) is 8. The van der Waals surface area contributed by atoms with Crippen LogP contribution in [0.5, 0.6) is 0 Å². The van der Waals surface area contributed by atoms with Crippen LogP contribution in [0.2, 0.25) is 0 Å². The molecule has 0 bridgehead atoms. The fourth-order valence-corrected chi connectivity index (χ4v) is 10.7. The summed E-state index contributed by atoms with van der Waals surface area (Å²) in [7, 11) is 0. The number of carbonyl (C=O) groups excluding carboxylic acids is 2. The first-order chi connectivity index (χ1) is 23.3. The molecule has 2 heterocycles. The van der Waals surface area contributed by atoms with Crippen LogP contribution in [0.1, 0.15) is 89.3 Å². The van der Waals surface area contributed by atoms with Crippen LogP contribution in [0.4, 0.5) is 10.1 Å². The Morgan fingerprint density at radius 1 is 1.12 bits per heavy atom. The average Bonchev–Trinajstić information content (AvgIpc) is 3.68. The minimum Gasteiger partial charge on any atom is -0.390 e. The number of Topliss-reactive ketones (excluding diaryl/α,β-unsaturated/α-hetero) is 1. The maximum atomic E-state index is 17.6. The molecule has 6 aliphatic rings. The van der Waals surface area contributed by atoms with Crippen molar-refractivity contribution in [2.45, 2.75) is 114 Å². The van der Waals surface area contributed by atoms with E-state index in [2.05, 4.69) is 43.4 Å². The number of nitrogens with one attached hydrogen (secondary N) is 1. The number of hydrogen-bond donors (Lipinski definition) is 3. The van der Waals surface area contributed by atoms with Gasteiger partial charge in [0.2, 0.25) is 0 Å². The Hall–Kier alpha value is -3.24. The van der Waals surface area contributed by atoms with Crippen molar-refractivity contribution in [3.05, 3.63) is 83.2 Å². The van der Waals surface area contributed by atoms with Gasteiger partial charge >= 0.3 is 0 Å². The molecule has 1 aromatic heterocycles. The highest BCUT2D eigenvalue weighted by molar-refractivity contribution is 6.01.